The lowest BCUT2D eigenvalue weighted by Crippen LogP contribution is -2.31. The Balaban J connectivity index is 1.18. The first-order chi connectivity index (χ1) is 17.5. The molecule has 0 saturated heterocycles. The van der Waals surface area contributed by atoms with Crippen LogP contribution in [0.4, 0.5) is 5.69 Å². The maximum absolute atomic E-state index is 12.9. The van der Waals surface area contributed by atoms with Crippen LogP contribution >= 0.6 is 0 Å². The summed E-state index contributed by atoms with van der Waals surface area (Å²) in [6.45, 7) is 1.70. The zero-order chi connectivity index (χ0) is 25.1. The van der Waals surface area contributed by atoms with Gasteiger partial charge in [-0.05, 0) is 79.8 Å². The highest BCUT2D eigenvalue weighted by molar-refractivity contribution is 5.93. The predicted octanol–water partition coefficient (Wildman–Crippen LogP) is 5.29. The van der Waals surface area contributed by atoms with Crippen molar-refractivity contribution in [2.75, 3.05) is 5.32 Å². The number of hydrogen-bond acceptors (Lipinski definition) is 4. The van der Waals surface area contributed by atoms with Crippen molar-refractivity contribution in [1.82, 2.24) is 9.55 Å². The first kappa shape index (κ1) is 23.9. The normalized spacial score (nSPS) is 19.2. The van der Waals surface area contributed by atoms with Gasteiger partial charge in [0.15, 0.2) is 0 Å². The predicted molar refractivity (Wildman–Crippen MR) is 142 cm³/mol. The van der Waals surface area contributed by atoms with Gasteiger partial charge >= 0.3 is 0 Å². The third kappa shape index (κ3) is 5.09. The van der Waals surface area contributed by atoms with Gasteiger partial charge in [-0.25, -0.2) is 4.98 Å². The zero-order valence-corrected chi connectivity index (χ0v) is 20.4. The molecule has 1 amide bonds. The van der Waals surface area contributed by atoms with E-state index in [4.69, 9.17) is 0 Å². The van der Waals surface area contributed by atoms with Crippen molar-refractivity contribution in [3.8, 4) is 0 Å². The summed E-state index contributed by atoms with van der Waals surface area (Å²) in [4.78, 5) is 30.0. The maximum Gasteiger partial charge on any atom is 0.261 e. The quantitative estimate of drug-likeness (QED) is 0.376. The average Bonchev–Trinajstić information content (AvgIpc) is 3.38. The van der Waals surface area contributed by atoms with Gasteiger partial charge in [0, 0.05) is 5.69 Å². The van der Waals surface area contributed by atoms with Crippen LogP contribution in [0.1, 0.15) is 49.5 Å². The molecule has 6 nitrogen and oxygen atoms in total. The van der Waals surface area contributed by atoms with Crippen LogP contribution in [0.2, 0.25) is 0 Å². The number of carbonyl (C=O) groups excluding carboxylic acids is 1. The number of aliphatic hydroxyl groups is 1. The van der Waals surface area contributed by atoms with Crippen molar-refractivity contribution in [3.05, 3.63) is 107 Å². The average molecular weight is 482 g/mol. The molecule has 1 aliphatic rings. The minimum Gasteiger partial charge on any atom is -0.388 e. The summed E-state index contributed by atoms with van der Waals surface area (Å²) in [5, 5.41) is 14.2. The van der Waals surface area contributed by atoms with Crippen LogP contribution < -0.4 is 10.9 Å². The third-order valence-corrected chi connectivity index (χ3v) is 7.40. The van der Waals surface area contributed by atoms with E-state index in [0.717, 1.165) is 31.2 Å². The SMILES string of the molecule is CC(C(=O)Nc1ccc(C[C@@H]2CC[C@H]([C@H](O)c3ccccc3)C2)cc1)n1cnc2ccccc2c1=O. The van der Waals surface area contributed by atoms with E-state index in [1.165, 1.54) is 16.5 Å². The lowest BCUT2D eigenvalue weighted by molar-refractivity contribution is -0.118. The van der Waals surface area contributed by atoms with E-state index in [-0.39, 0.29) is 11.5 Å². The molecule has 1 fully saturated rings. The van der Waals surface area contributed by atoms with Gasteiger partial charge in [-0.15, -0.1) is 0 Å². The van der Waals surface area contributed by atoms with Gasteiger partial charge in [0.25, 0.3) is 5.56 Å². The molecule has 0 radical (unpaired) electrons. The van der Waals surface area contributed by atoms with E-state index >= 15 is 0 Å². The topological polar surface area (TPSA) is 84.2 Å². The summed E-state index contributed by atoms with van der Waals surface area (Å²) < 4.78 is 1.37. The van der Waals surface area contributed by atoms with Crippen molar-refractivity contribution in [2.24, 2.45) is 11.8 Å². The maximum atomic E-state index is 12.9. The molecular weight excluding hydrogens is 450 g/mol. The Bertz CT molecular complexity index is 1400. The molecule has 1 saturated carbocycles. The first-order valence-electron chi connectivity index (χ1n) is 12.6. The van der Waals surface area contributed by atoms with Crippen LogP contribution in [-0.4, -0.2) is 20.6 Å². The van der Waals surface area contributed by atoms with Gasteiger partial charge in [-0.1, -0.05) is 54.6 Å². The molecule has 184 valence electrons. The lowest BCUT2D eigenvalue weighted by atomic mass is 9.91. The highest BCUT2D eigenvalue weighted by Gasteiger charge is 2.30. The number of para-hydroxylation sites is 1. The van der Waals surface area contributed by atoms with Crippen molar-refractivity contribution >= 4 is 22.5 Å². The molecule has 1 aliphatic carbocycles. The lowest BCUT2D eigenvalue weighted by Gasteiger charge is -2.19. The Labute approximate surface area is 210 Å². The first-order valence-corrected chi connectivity index (χ1v) is 12.6. The van der Waals surface area contributed by atoms with Crippen LogP contribution in [0.3, 0.4) is 0 Å². The second kappa shape index (κ2) is 10.5. The minimum absolute atomic E-state index is 0.231. The molecule has 36 heavy (non-hydrogen) atoms. The fourth-order valence-electron chi connectivity index (χ4n) is 5.30. The number of rotatable bonds is 7. The summed E-state index contributed by atoms with van der Waals surface area (Å²) in [5.74, 6) is 0.571. The minimum atomic E-state index is -0.694. The molecule has 2 N–H and O–H groups in total. The Morgan fingerprint density at radius 3 is 2.53 bits per heavy atom. The van der Waals surface area contributed by atoms with Gasteiger partial charge < -0.3 is 10.4 Å². The van der Waals surface area contributed by atoms with Crippen molar-refractivity contribution < 1.29 is 9.90 Å². The molecule has 0 spiro atoms. The molecule has 1 unspecified atom stereocenters. The number of nitrogens with zero attached hydrogens (tertiary/aromatic N) is 2. The number of aromatic nitrogens is 2. The van der Waals surface area contributed by atoms with Crippen LogP contribution in [0, 0.1) is 11.8 Å². The second-order valence-corrected chi connectivity index (χ2v) is 9.84. The summed E-state index contributed by atoms with van der Waals surface area (Å²) in [5.41, 5.74) is 3.30. The fraction of sp³-hybridized carbons (Fsp3) is 0.300. The van der Waals surface area contributed by atoms with E-state index in [9.17, 15) is 14.7 Å². The van der Waals surface area contributed by atoms with Crippen LogP contribution in [-0.2, 0) is 11.2 Å². The molecule has 4 atom stereocenters. The van der Waals surface area contributed by atoms with E-state index < -0.39 is 12.1 Å². The van der Waals surface area contributed by atoms with E-state index in [1.54, 1.807) is 25.1 Å². The number of amides is 1. The number of carbonyl (C=O) groups is 1. The molecule has 0 bridgehead atoms. The Morgan fingerprint density at radius 2 is 1.75 bits per heavy atom. The Kier molecular flexibility index (Phi) is 6.96. The van der Waals surface area contributed by atoms with E-state index in [1.807, 2.05) is 60.7 Å². The number of anilines is 1. The molecule has 6 heteroatoms. The fourth-order valence-corrected chi connectivity index (χ4v) is 5.30. The zero-order valence-electron chi connectivity index (χ0n) is 20.4. The standard InChI is InChI=1S/C30H31N3O3/c1-20(33-19-31-27-10-6-5-9-26(27)30(33)36)29(35)32-25-15-12-21(13-16-25)17-22-11-14-24(18-22)28(34)23-7-3-2-4-8-23/h2-10,12-13,15-16,19-20,22,24,28,34H,11,14,17-18H2,1H3,(H,32,35)/t20?,22-,24-,28+/m0/s1. The monoisotopic (exact) mass is 481 g/mol. The van der Waals surface area contributed by atoms with E-state index in [0.29, 0.717) is 28.4 Å². The van der Waals surface area contributed by atoms with Gasteiger partial charge in [0.1, 0.15) is 6.04 Å². The van der Waals surface area contributed by atoms with Gasteiger partial charge in [-0.3, -0.25) is 14.2 Å². The molecule has 3 aromatic carbocycles. The van der Waals surface area contributed by atoms with Gasteiger partial charge in [0.05, 0.1) is 23.3 Å². The van der Waals surface area contributed by atoms with Crippen LogP contribution in [0.5, 0.6) is 0 Å². The van der Waals surface area contributed by atoms with E-state index in [2.05, 4.69) is 10.3 Å². The van der Waals surface area contributed by atoms with Crippen LogP contribution in [0.25, 0.3) is 10.9 Å². The largest absolute Gasteiger partial charge is 0.388 e. The Morgan fingerprint density at radius 1 is 1.03 bits per heavy atom. The molecule has 1 heterocycles. The van der Waals surface area contributed by atoms with Gasteiger partial charge in [-0.2, -0.15) is 0 Å². The summed E-state index contributed by atoms with van der Waals surface area (Å²) in [6.07, 6.45) is 5.15. The number of nitrogens with one attached hydrogen (secondary N) is 1. The van der Waals surface area contributed by atoms with Gasteiger partial charge in [0.2, 0.25) is 5.91 Å². The Hall–Kier alpha value is -3.77. The smallest absolute Gasteiger partial charge is 0.261 e. The second-order valence-electron chi connectivity index (χ2n) is 9.84. The van der Waals surface area contributed by atoms with Crippen molar-refractivity contribution in [1.29, 1.82) is 0 Å². The highest BCUT2D eigenvalue weighted by Crippen LogP contribution is 2.40. The van der Waals surface area contributed by atoms with Crippen molar-refractivity contribution in [3.63, 3.8) is 0 Å². The molecule has 0 aliphatic heterocycles. The summed E-state index contributed by atoms with van der Waals surface area (Å²) in [7, 11) is 0. The number of aliphatic hydroxyl groups excluding tert-OH is 1. The third-order valence-electron chi connectivity index (χ3n) is 7.40. The molecular formula is C30H31N3O3. The highest BCUT2D eigenvalue weighted by atomic mass is 16.3. The molecule has 5 rings (SSSR count). The number of benzene rings is 3. The van der Waals surface area contributed by atoms with Crippen molar-refractivity contribution in [2.45, 2.75) is 44.8 Å². The van der Waals surface area contributed by atoms with Crippen LogP contribution in [0.15, 0.2) is 90.0 Å². The molecule has 1 aromatic heterocycles. The molecule has 4 aromatic rings. The number of hydrogen-bond donors (Lipinski definition) is 2. The summed E-state index contributed by atoms with van der Waals surface area (Å²) >= 11 is 0. The summed E-state index contributed by atoms with van der Waals surface area (Å²) in [6, 6.07) is 24.3. The number of fused-ring (bicyclic) bond motifs is 1.